The van der Waals surface area contributed by atoms with Gasteiger partial charge in [0.15, 0.2) is 0 Å². The van der Waals surface area contributed by atoms with E-state index < -0.39 is 16.6 Å². The first kappa shape index (κ1) is 25.5. The molecule has 0 bridgehead atoms. The minimum atomic E-state index is -1.29. The summed E-state index contributed by atoms with van der Waals surface area (Å²) in [5.74, 6) is 3.40. The van der Waals surface area contributed by atoms with Gasteiger partial charge in [-0.3, -0.25) is 4.79 Å². The third-order valence-electron chi connectivity index (χ3n) is 12.2. The van der Waals surface area contributed by atoms with E-state index in [0.29, 0.717) is 54.4 Å². The van der Waals surface area contributed by atoms with Gasteiger partial charge in [0, 0.05) is 30.3 Å². The van der Waals surface area contributed by atoms with Crippen LogP contribution < -0.4 is 0 Å². The van der Waals surface area contributed by atoms with Crippen molar-refractivity contribution >= 4 is 11.8 Å². The number of carbonyl (C=O) groups excluding carboxylic acids is 2. The van der Waals surface area contributed by atoms with Crippen LogP contribution in [-0.2, 0) is 14.3 Å². The number of rotatable bonds is 5. The molecule has 4 heteroatoms. The molecule has 1 N–H and O–H groups in total. The number of carbonyl (C=O) groups is 2. The summed E-state index contributed by atoms with van der Waals surface area (Å²) >= 11 is 0. The Morgan fingerprint density at radius 3 is 2.43 bits per heavy atom. The average Bonchev–Trinajstić information content (AvgIpc) is 3.27. The van der Waals surface area contributed by atoms with Gasteiger partial charge in [-0.2, -0.15) is 0 Å². The molecular weight excluding hydrogens is 436 g/mol. The monoisotopic (exact) mass is 484 g/mol. The number of hydrogen-bond donors (Lipinski definition) is 1. The highest BCUT2D eigenvalue weighted by molar-refractivity contribution is 5.91. The molecule has 35 heavy (non-hydrogen) atoms. The number of ether oxygens (including phenoxy) is 1. The van der Waals surface area contributed by atoms with Crippen LogP contribution in [0.3, 0.4) is 0 Å². The van der Waals surface area contributed by atoms with Gasteiger partial charge in [0.05, 0.1) is 0 Å². The molecule has 1 aliphatic heterocycles. The van der Waals surface area contributed by atoms with Gasteiger partial charge >= 0.3 is 5.97 Å². The fourth-order valence-electron chi connectivity index (χ4n) is 10.3. The molecule has 0 aromatic rings. The molecule has 1 spiro atoms. The number of fused-ring (bicyclic) bond motifs is 6. The molecule has 5 fully saturated rings. The fraction of sp³-hybridized carbons (Fsp3) is 0.871. The zero-order chi connectivity index (χ0) is 25.4. The number of esters is 1. The van der Waals surface area contributed by atoms with E-state index in [4.69, 9.17) is 4.74 Å². The fourth-order valence-corrected chi connectivity index (χ4v) is 10.3. The first-order valence-corrected chi connectivity index (χ1v) is 14.5. The van der Waals surface area contributed by atoms with Crippen molar-refractivity contribution < 1.29 is 19.4 Å². The Kier molecular flexibility index (Phi) is 6.14. The van der Waals surface area contributed by atoms with E-state index in [0.717, 1.165) is 24.2 Å². The second-order valence-electron chi connectivity index (χ2n) is 14.3. The van der Waals surface area contributed by atoms with Gasteiger partial charge in [0.25, 0.3) is 0 Å². The Balaban J connectivity index is 1.47. The lowest BCUT2D eigenvalue weighted by atomic mass is 9.39. The quantitative estimate of drug-likeness (QED) is 0.351. The highest BCUT2D eigenvalue weighted by atomic mass is 16.6. The smallest absolute Gasteiger partial charge is 0.334 e. The normalized spacial score (nSPS) is 48.0. The lowest BCUT2D eigenvalue weighted by Crippen LogP contribution is -2.73. The van der Waals surface area contributed by atoms with E-state index in [-0.39, 0.29) is 18.2 Å². The Labute approximate surface area is 212 Å². The predicted octanol–water partition coefficient (Wildman–Crippen LogP) is 6.64. The van der Waals surface area contributed by atoms with Crippen LogP contribution in [0.2, 0.25) is 0 Å². The standard InChI is InChI=1S/C31H48O4/c1-19(2)8-7-9-20(3)24-10-11-25-23-18-30(16-21(4)27(33)35-30)31(34)17-22(32)12-15-29(31,6)26(23)13-14-28(24,25)5/h19-20,23-26,34H,4,7-18H2,1-3,5-6H3/t20-,23+,24-,25+,26+,28-,29-,30-,31-/m1/s1. The molecule has 1 heterocycles. The van der Waals surface area contributed by atoms with Crippen molar-refractivity contribution in [1.29, 1.82) is 0 Å². The summed E-state index contributed by atoms with van der Waals surface area (Å²) in [6.45, 7) is 15.9. The molecule has 0 amide bonds. The van der Waals surface area contributed by atoms with Crippen molar-refractivity contribution in [2.45, 2.75) is 123 Å². The molecule has 4 saturated carbocycles. The van der Waals surface area contributed by atoms with Crippen LogP contribution in [0.1, 0.15) is 112 Å². The third-order valence-corrected chi connectivity index (χ3v) is 12.2. The average molecular weight is 485 g/mol. The van der Waals surface area contributed by atoms with Gasteiger partial charge in [-0.25, -0.2) is 4.79 Å². The van der Waals surface area contributed by atoms with Gasteiger partial charge in [-0.05, 0) is 79.4 Å². The second kappa shape index (κ2) is 8.43. The van der Waals surface area contributed by atoms with Crippen LogP contribution in [0, 0.1) is 46.3 Å². The van der Waals surface area contributed by atoms with E-state index in [1.54, 1.807) is 0 Å². The van der Waals surface area contributed by atoms with E-state index >= 15 is 0 Å². The van der Waals surface area contributed by atoms with Crippen LogP contribution in [-0.4, -0.2) is 28.1 Å². The maximum absolute atomic E-state index is 12.7. The van der Waals surface area contributed by atoms with E-state index in [2.05, 4.69) is 41.2 Å². The van der Waals surface area contributed by atoms with E-state index in [1.807, 2.05) is 0 Å². The molecule has 0 aromatic carbocycles. The Hall–Kier alpha value is -1.16. The van der Waals surface area contributed by atoms with Gasteiger partial charge in [-0.15, -0.1) is 0 Å². The molecule has 0 aromatic heterocycles. The summed E-state index contributed by atoms with van der Waals surface area (Å²) in [4.78, 5) is 25.4. The first-order valence-electron chi connectivity index (χ1n) is 14.5. The van der Waals surface area contributed by atoms with Gasteiger partial charge in [-0.1, -0.05) is 60.5 Å². The van der Waals surface area contributed by atoms with Gasteiger partial charge < -0.3 is 9.84 Å². The van der Waals surface area contributed by atoms with Crippen molar-refractivity contribution in [3.8, 4) is 0 Å². The summed E-state index contributed by atoms with van der Waals surface area (Å²) in [6.07, 6.45) is 11.2. The Bertz CT molecular complexity index is 890. The maximum atomic E-state index is 12.7. The van der Waals surface area contributed by atoms with Gasteiger partial charge in [0.2, 0.25) is 0 Å². The predicted molar refractivity (Wildman–Crippen MR) is 137 cm³/mol. The number of Topliss-reactive ketones (excluding diaryl/α,β-unsaturated/α-hetero) is 1. The minimum Gasteiger partial charge on any atom is -0.452 e. The summed E-state index contributed by atoms with van der Waals surface area (Å²) in [5, 5.41) is 12.4. The first-order chi connectivity index (χ1) is 16.4. The Morgan fingerprint density at radius 1 is 1.03 bits per heavy atom. The molecule has 4 nitrogen and oxygen atoms in total. The van der Waals surface area contributed by atoms with E-state index in [1.165, 1.54) is 38.5 Å². The molecule has 5 rings (SSSR count). The van der Waals surface area contributed by atoms with Crippen LogP contribution in [0.5, 0.6) is 0 Å². The second-order valence-corrected chi connectivity index (χ2v) is 14.3. The summed E-state index contributed by atoms with van der Waals surface area (Å²) < 4.78 is 6.13. The topological polar surface area (TPSA) is 63.6 Å². The molecule has 9 atom stereocenters. The third kappa shape index (κ3) is 3.55. The molecule has 5 aliphatic rings. The highest BCUT2D eigenvalue weighted by Crippen LogP contribution is 2.72. The summed E-state index contributed by atoms with van der Waals surface area (Å²) in [7, 11) is 0. The van der Waals surface area contributed by atoms with Crippen LogP contribution >= 0.6 is 0 Å². The number of hydrogen-bond acceptors (Lipinski definition) is 4. The molecule has 0 radical (unpaired) electrons. The molecule has 196 valence electrons. The van der Waals surface area contributed by atoms with Crippen molar-refractivity contribution in [3.05, 3.63) is 12.2 Å². The van der Waals surface area contributed by atoms with E-state index in [9.17, 15) is 14.7 Å². The summed E-state index contributed by atoms with van der Waals surface area (Å²) in [5.41, 5.74) is -1.92. The molecule has 4 aliphatic carbocycles. The highest BCUT2D eigenvalue weighted by Gasteiger charge is 2.75. The zero-order valence-electron chi connectivity index (χ0n) is 22.8. The van der Waals surface area contributed by atoms with Crippen molar-refractivity contribution in [2.75, 3.05) is 0 Å². The minimum absolute atomic E-state index is 0.105. The SMILES string of the molecule is C=C1C[C@]2(C[C@H]3[C@@H]4CC[C@H]([C@H](C)CCCC(C)C)[C@@]4(C)CC[C@@H]3[C@@]3(C)CCC(=O)C[C@]23O)OC1=O. The van der Waals surface area contributed by atoms with Crippen molar-refractivity contribution in [3.63, 3.8) is 0 Å². The van der Waals surface area contributed by atoms with Crippen LogP contribution in [0.25, 0.3) is 0 Å². The molecular formula is C31H48O4. The molecule has 0 unspecified atom stereocenters. The van der Waals surface area contributed by atoms with Crippen LogP contribution in [0.15, 0.2) is 12.2 Å². The zero-order valence-corrected chi connectivity index (χ0v) is 22.8. The van der Waals surface area contributed by atoms with Crippen molar-refractivity contribution in [1.82, 2.24) is 0 Å². The summed E-state index contributed by atoms with van der Waals surface area (Å²) in [6, 6.07) is 0. The lowest BCUT2D eigenvalue weighted by Gasteiger charge is -2.67. The van der Waals surface area contributed by atoms with Gasteiger partial charge in [0.1, 0.15) is 17.0 Å². The number of aliphatic hydroxyl groups is 1. The molecule has 1 saturated heterocycles. The van der Waals surface area contributed by atoms with Crippen LogP contribution in [0.4, 0.5) is 0 Å². The maximum Gasteiger partial charge on any atom is 0.334 e. The number of ketones is 1. The largest absolute Gasteiger partial charge is 0.452 e. The lowest BCUT2D eigenvalue weighted by molar-refractivity contribution is -0.288. The Morgan fingerprint density at radius 2 is 1.77 bits per heavy atom. The van der Waals surface area contributed by atoms with Crippen molar-refractivity contribution in [2.24, 2.45) is 46.3 Å².